The van der Waals surface area contributed by atoms with Gasteiger partial charge in [0, 0.05) is 12.1 Å². The number of para-hydroxylation sites is 1. The van der Waals surface area contributed by atoms with Crippen LogP contribution in [0.25, 0.3) is 0 Å². The van der Waals surface area contributed by atoms with Crippen LogP contribution in [0.4, 0.5) is 4.79 Å². The molecule has 0 fully saturated rings. The molecule has 0 aliphatic rings. The number of hydrogen-bond acceptors (Lipinski definition) is 3. The van der Waals surface area contributed by atoms with E-state index in [4.69, 9.17) is 4.42 Å². The van der Waals surface area contributed by atoms with E-state index in [2.05, 4.69) is 11.9 Å². The van der Waals surface area contributed by atoms with Crippen molar-refractivity contribution in [2.24, 2.45) is 0 Å². The fourth-order valence-electron chi connectivity index (χ4n) is 1.91. The van der Waals surface area contributed by atoms with Gasteiger partial charge in [-0.05, 0) is 18.2 Å². The van der Waals surface area contributed by atoms with E-state index < -0.39 is 0 Å². The zero-order valence-corrected chi connectivity index (χ0v) is 11.7. The van der Waals surface area contributed by atoms with Gasteiger partial charge >= 0.3 is 6.03 Å². The van der Waals surface area contributed by atoms with Gasteiger partial charge in [0.15, 0.2) is 0 Å². The van der Waals surface area contributed by atoms with Gasteiger partial charge in [-0.2, -0.15) is 0 Å². The Morgan fingerprint density at radius 3 is 2.76 bits per heavy atom. The van der Waals surface area contributed by atoms with Gasteiger partial charge in [0.05, 0.1) is 19.4 Å². The highest BCUT2D eigenvalue weighted by Gasteiger charge is 2.16. The summed E-state index contributed by atoms with van der Waals surface area (Å²) in [5, 5.41) is 12.6. The minimum atomic E-state index is -0.241. The zero-order chi connectivity index (χ0) is 15.1. The molecule has 0 saturated heterocycles. The molecule has 21 heavy (non-hydrogen) atoms. The Morgan fingerprint density at radius 1 is 1.29 bits per heavy atom. The third-order valence-electron chi connectivity index (χ3n) is 2.96. The van der Waals surface area contributed by atoms with Crippen LogP contribution in [-0.4, -0.2) is 22.6 Å². The first-order valence-corrected chi connectivity index (χ1v) is 6.63. The molecular formula is C16H18N2O3. The first-order valence-electron chi connectivity index (χ1n) is 6.63. The van der Waals surface area contributed by atoms with Crippen molar-refractivity contribution in [1.82, 2.24) is 10.2 Å². The first-order chi connectivity index (χ1) is 10.2. The van der Waals surface area contributed by atoms with E-state index in [9.17, 15) is 9.90 Å². The number of phenols is 1. The molecule has 0 saturated carbocycles. The van der Waals surface area contributed by atoms with E-state index in [0.29, 0.717) is 24.4 Å². The molecule has 1 heterocycles. The lowest BCUT2D eigenvalue weighted by molar-refractivity contribution is 0.188. The number of urea groups is 1. The highest BCUT2D eigenvalue weighted by atomic mass is 16.3. The van der Waals surface area contributed by atoms with Crippen molar-refractivity contribution in [2.75, 3.05) is 6.54 Å². The van der Waals surface area contributed by atoms with E-state index >= 15 is 0 Å². The van der Waals surface area contributed by atoms with Crippen LogP contribution < -0.4 is 5.32 Å². The number of carbonyl (C=O) groups is 1. The second-order valence-corrected chi connectivity index (χ2v) is 4.54. The summed E-state index contributed by atoms with van der Waals surface area (Å²) >= 11 is 0. The van der Waals surface area contributed by atoms with Gasteiger partial charge in [-0.25, -0.2) is 4.79 Å². The molecule has 1 aromatic carbocycles. The Balaban J connectivity index is 2.12. The van der Waals surface area contributed by atoms with Crippen LogP contribution in [0.2, 0.25) is 0 Å². The molecule has 2 aromatic rings. The molecule has 0 unspecified atom stereocenters. The zero-order valence-electron chi connectivity index (χ0n) is 11.7. The standard InChI is InChI=1S/C16H18N2O3/c1-2-9-17-16(20)18(12-14-7-5-10-21-14)11-13-6-3-4-8-15(13)19/h2-8,10,19H,1,9,11-12H2,(H,17,20). The fourth-order valence-corrected chi connectivity index (χ4v) is 1.91. The molecule has 5 heteroatoms. The van der Waals surface area contributed by atoms with Gasteiger partial charge in [-0.15, -0.1) is 6.58 Å². The third kappa shape index (κ3) is 4.14. The maximum atomic E-state index is 12.2. The second kappa shape index (κ2) is 7.19. The molecule has 110 valence electrons. The highest BCUT2D eigenvalue weighted by molar-refractivity contribution is 5.74. The highest BCUT2D eigenvalue weighted by Crippen LogP contribution is 2.19. The smallest absolute Gasteiger partial charge is 0.318 e. The van der Waals surface area contributed by atoms with Gasteiger partial charge in [0.1, 0.15) is 11.5 Å². The molecule has 0 atom stereocenters. The molecule has 0 aliphatic carbocycles. The van der Waals surface area contributed by atoms with Crippen molar-refractivity contribution in [3.63, 3.8) is 0 Å². The number of amides is 2. The van der Waals surface area contributed by atoms with E-state index in [1.54, 1.807) is 47.6 Å². The Morgan fingerprint density at radius 2 is 2.10 bits per heavy atom. The van der Waals surface area contributed by atoms with Crippen LogP contribution >= 0.6 is 0 Å². The minimum Gasteiger partial charge on any atom is -0.508 e. The maximum absolute atomic E-state index is 12.2. The predicted molar refractivity (Wildman–Crippen MR) is 79.7 cm³/mol. The number of nitrogens with zero attached hydrogens (tertiary/aromatic N) is 1. The topological polar surface area (TPSA) is 65.7 Å². The largest absolute Gasteiger partial charge is 0.508 e. The number of nitrogens with one attached hydrogen (secondary N) is 1. The summed E-state index contributed by atoms with van der Waals surface area (Å²) in [6, 6.07) is 10.3. The minimum absolute atomic E-state index is 0.165. The molecule has 2 rings (SSSR count). The fraction of sp³-hybridized carbons (Fsp3) is 0.188. The lowest BCUT2D eigenvalue weighted by Gasteiger charge is -2.22. The molecule has 5 nitrogen and oxygen atoms in total. The molecule has 0 spiro atoms. The SMILES string of the molecule is C=CCNC(=O)N(Cc1ccco1)Cc1ccccc1O. The van der Waals surface area contributed by atoms with Gasteiger partial charge in [0.2, 0.25) is 0 Å². The summed E-state index contributed by atoms with van der Waals surface area (Å²) in [6.07, 6.45) is 3.18. The summed E-state index contributed by atoms with van der Waals surface area (Å²) in [6.45, 7) is 4.57. The Hall–Kier alpha value is -2.69. The number of aromatic hydroxyl groups is 1. The molecule has 2 amide bonds. The predicted octanol–water partition coefficient (Wildman–Crippen LogP) is 2.88. The van der Waals surface area contributed by atoms with E-state index in [-0.39, 0.29) is 18.3 Å². The van der Waals surface area contributed by atoms with Crippen LogP contribution in [-0.2, 0) is 13.1 Å². The van der Waals surface area contributed by atoms with E-state index in [0.717, 1.165) is 0 Å². The summed E-state index contributed by atoms with van der Waals surface area (Å²) in [5.41, 5.74) is 0.679. The van der Waals surface area contributed by atoms with Crippen molar-refractivity contribution in [3.05, 3.63) is 66.6 Å². The average molecular weight is 286 g/mol. The van der Waals surface area contributed by atoms with Crippen molar-refractivity contribution < 1.29 is 14.3 Å². The molecule has 0 radical (unpaired) electrons. The molecular weight excluding hydrogens is 268 g/mol. The average Bonchev–Trinajstić information content (AvgIpc) is 2.99. The number of rotatable bonds is 6. The van der Waals surface area contributed by atoms with Crippen molar-refractivity contribution in [1.29, 1.82) is 0 Å². The van der Waals surface area contributed by atoms with Crippen LogP contribution in [0.5, 0.6) is 5.75 Å². The number of phenolic OH excluding ortho intramolecular Hbond substituents is 1. The lowest BCUT2D eigenvalue weighted by Crippen LogP contribution is -2.39. The van der Waals surface area contributed by atoms with Crippen LogP contribution in [0.15, 0.2) is 59.7 Å². The maximum Gasteiger partial charge on any atom is 0.318 e. The molecule has 0 bridgehead atoms. The quantitative estimate of drug-likeness (QED) is 0.802. The number of furan rings is 1. The summed E-state index contributed by atoms with van der Waals surface area (Å²) in [4.78, 5) is 13.8. The molecule has 1 aromatic heterocycles. The molecule has 0 aliphatic heterocycles. The lowest BCUT2D eigenvalue weighted by atomic mass is 10.2. The summed E-state index contributed by atoms with van der Waals surface area (Å²) < 4.78 is 5.28. The van der Waals surface area contributed by atoms with Crippen molar-refractivity contribution in [2.45, 2.75) is 13.1 Å². The van der Waals surface area contributed by atoms with E-state index in [1.165, 1.54) is 0 Å². The Labute approximate surface area is 123 Å². The molecule has 2 N–H and O–H groups in total. The van der Waals surface area contributed by atoms with Crippen LogP contribution in [0.1, 0.15) is 11.3 Å². The number of benzene rings is 1. The van der Waals surface area contributed by atoms with Gasteiger partial charge in [0.25, 0.3) is 0 Å². The normalized spacial score (nSPS) is 10.1. The van der Waals surface area contributed by atoms with Gasteiger partial charge < -0.3 is 19.7 Å². The summed E-state index contributed by atoms with van der Waals surface area (Å²) in [7, 11) is 0. The monoisotopic (exact) mass is 286 g/mol. The number of carbonyl (C=O) groups excluding carboxylic acids is 1. The second-order valence-electron chi connectivity index (χ2n) is 4.54. The Bertz CT molecular complexity index is 593. The van der Waals surface area contributed by atoms with Crippen molar-refractivity contribution in [3.8, 4) is 5.75 Å². The van der Waals surface area contributed by atoms with Gasteiger partial charge in [-0.3, -0.25) is 0 Å². The van der Waals surface area contributed by atoms with Crippen LogP contribution in [0, 0.1) is 0 Å². The number of hydrogen-bond donors (Lipinski definition) is 2. The summed E-state index contributed by atoms with van der Waals surface area (Å²) in [5.74, 6) is 0.845. The first kappa shape index (κ1) is 14.7. The van der Waals surface area contributed by atoms with Crippen LogP contribution in [0.3, 0.4) is 0 Å². The van der Waals surface area contributed by atoms with Gasteiger partial charge in [-0.1, -0.05) is 24.3 Å². The van der Waals surface area contributed by atoms with Crippen molar-refractivity contribution >= 4 is 6.03 Å². The van der Waals surface area contributed by atoms with E-state index in [1.807, 2.05) is 6.07 Å². The Kier molecular flexibility index (Phi) is 5.04. The third-order valence-corrected chi connectivity index (χ3v) is 2.96.